The van der Waals surface area contributed by atoms with Gasteiger partial charge in [-0.05, 0) is 36.8 Å². The second-order valence-corrected chi connectivity index (χ2v) is 4.39. The quantitative estimate of drug-likeness (QED) is 0.913. The minimum absolute atomic E-state index is 0.0290. The summed E-state index contributed by atoms with van der Waals surface area (Å²) >= 11 is 5.81. The van der Waals surface area contributed by atoms with E-state index >= 15 is 0 Å². The standard InChI is InChI=1S/C14H10ClFO3/c1-8-2-5-12(16)13(6-8)19-9-3-4-10(14(17)18)11(15)7-9/h2-7H,1H3,(H,17,18). The molecule has 0 fully saturated rings. The van der Waals surface area contributed by atoms with Gasteiger partial charge in [-0.2, -0.15) is 0 Å². The Morgan fingerprint density at radius 1 is 1.26 bits per heavy atom. The largest absolute Gasteiger partial charge is 0.478 e. The summed E-state index contributed by atoms with van der Waals surface area (Å²) in [7, 11) is 0. The smallest absolute Gasteiger partial charge is 0.337 e. The minimum atomic E-state index is -1.13. The molecular weight excluding hydrogens is 271 g/mol. The third-order valence-corrected chi connectivity index (χ3v) is 2.80. The highest BCUT2D eigenvalue weighted by Gasteiger charge is 2.11. The maximum absolute atomic E-state index is 13.5. The number of aryl methyl sites for hydroxylation is 1. The van der Waals surface area contributed by atoms with Gasteiger partial charge < -0.3 is 9.84 Å². The molecule has 0 heterocycles. The molecule has 2 rings (SSSR count). The van der Waals surface area contributed by atoms with Crippen molar-refractivity contribution in [1.29, 1.82) is 0 Å². The molecule has 0 atom stereocenters. The molecule has 0 saturated carbocycles. The normalized spacial score (nSPS) is 10.3. The van der Waals surface area contributed by atoms with E-state index in [0.717, 1.165) is 5.56 Å². The first-order chi connectivity index (χ1) is 8.97. The number of ether oxygens (including phenoxy) is 1. The summed E-state index contributed by atoms with van der Waals surface area (Å²) in [6, 6.07) is 8.56. The second-order valence-electron chi connectivity index (χ2n) is 3.98. The van der Waals surface area contributed by atoms with Gasteiger partial charge in [0.1, 0.15) is 5.75 Å². The van der Waals surface area contributed by atoms with Gasteiger partial charge in [-0.25, -0.2) is 9.18 Å². The van der Waals surface area contributed by atoms with Crippen molar-refractivity contribution < 1.29 is 19.0 Å². The molecular formula is C14H10ClFO3. The second kappa shape index (κ2) is 5.28. The Balaban J connectivity index is 2.31. The molecule has 1 N–H and O–H groups in total. The lowest BCUT2D eigenvalue weighted by Gasteiger charge is -2.08. The van der Waals surface area contributed by atoms with Crippen molar-refractivity contribution in [3.05, 3.63) is 58.4 Å². The summed E-state index contributed by atoms with van der Waals surface area (Å²) in [5.41, 5.74) is 0.823. The Labute approximate surface area is 114 Å². The molecule has 98 valence electrons. The lowest BCUT2D eigenvalue weighted by Crippen LogP contribution is -1.97. The fourth-order valence-corrected chi connectivity index (χ4v) is 1.80. The zero-order chi connectivity index (χ0) is 14.0. The Hall–Kier alpha value is -2.07. The molecule has 5 heteroatoms. The van der Waals surface area contributed by atoms with Crippen LogP contribution in [0.3, 0.4) is 0 Å². The van der Waals surface area contributed by atoms with Gasteiger partial charge in [-0.1, -0.05) is 17.7 Å². The molecule has 0 aromatic heterocycles. The summed E-state index contributed by atoms with van der Waals surface area (Å²) in [6.07, 6.45) is 0. The number of hydrogen-bond donors (Lipinski definition) is 1. The van der Waals surface area contributed by atoms with Crippen molar-refractivity contribution in [2.75, 3.05) is 0 Å². The molecule has 0 amide bonds. The monoisotopic (exact) mass is 280 g/mol. The molecule has 0 aliphatic carbocycles. The average molecular weight is 281 g/mol. The first-order valence-electron chi connectivity index (χ1n) is 5.44. The highest BCUT2D eigenvalue weighted by molar-refractivity contribution is 6.33. The van der Waals surface area contributed by atoms with E-state index in [-0.39, 0.29) is 22.1 Å². The SMILES string of the molecule is Cc1ccc(F)c(Oc2ccc(C(=O)O)c(Cl)c2)c1. The van der Waals surface area contributed by atoms with Crippen LogP contribution in [0.15, 0.2) is 36.4 Å². The van der Waals surface area contributed by atoms with Crippen LogP contribution < -0.4 is 4.74 Å². The lowest BCUT2D eigenvalue weighted by atomic mass is 10.2. The van der Waals surface area contributed by atoms with E-state index in [4.69, 9.17) is 21.4 Å². The lowest BCUT2D eigenvalue weighted by molar-refractivity contribution is 0.0697. The van der Waals surface area contributed by atoms with Gasteiger partial charge >= 0.3 is 5.97 Å². The van der Waals surface area contributed by atoms with Gasteiger partial charge in [0, 0.05) is 6.07 Å². The number of halogens is 2. The molecule has 0 aliphatic rings. The highest BCUT2D eigenvalue weighted by atomic mass is 35.5. The van der Waals surface area contributed by atoms with Gasteiger partial charge in [0.2, 0.25) is 0 Å². The fourth-order valence-electron chi connectivity index (χ4n) is 1.55. The number of hydrogen-bond acceptors (Lipinski definition) is 2. The van der Waals surface area contributed by atoms with E-state index in [2.05, 4.69) is 0 Å². The number of carboxylic acids is 1. The fraction of sp³-hybridized carbons (Fsp3) is 0.0714. The highest BCUT2D eigenvalue weighted by Crippen LogP contribution is 2.29. The average Bonchev–Trinajstić information content (AvgIpc) is 2.33. The summed E-state index contributed by atoms with van der Waals surface area (Å²) in [5, 5.41) is 8.88. The van der Waals surface area contributed by atoms with E-state index < -0.39 is 11.8 Å². The van der Waals surface area contributed by atoms with Crippen LogP contribution in [0.1, 0.15) is 15.9 Å². The first-order valence-corrected chi connectivity index (χ1v) is 5.82. The van der Waals surface area contributed by atoms with Crippen LogP contribution in [0.4, 0.5) is 4.39 Å². The first kappa shape index (κ1) is 13.4. The maximum atomic E-state index is 13.5. The summed E-state index contributed by atoms with van der Waals surface area (Å²) in [5.74, 6) is -1.28. The molecule has 3 nitrogen and oxygen atoms in total. The van der Waals surface area contributed by atoms with Crippen LogP contribution in [-0.4, -0.2) is 11.1 Å². The Kier molecular flexibility index (Phi) is 3.71. The molecule has 0 bridgehead atoms. The Morgan fingerprint density at radius 2 is 2.00 bits per heavy atom. The van der Waals surface area contributed by atoms with Crippen molar-refractivity contribution in [1.82, 2.24) is 0 Å². The van der Waals surface area contributed by atoms with Crippen molar-refractivity contribution in [3.63, 3.8) is 0 Å². The molecule has 0 saturated heterocycles. The van der Waals surface area contributed by atoms with Crippen molar-refractivity contribution in [2.45, 2.75) is 6.92 Å². The number of benzene rings is 2. The number of rotatable bonds is 3. The van der Waals surface area contributed by atoms with Gasteiger partial charge in [-0.15, -0.1) is 0 Å². The van der Waals surface area contributed by atoms with Gasteiger partial charge in [0.05, 0.1) is 10.6 Å². The van der Waals surface area contributed by atoms with Crippen LogP contribution in [0.5, 0.6) is 11.5 Å². The minimum Gasteiger partial charge on any atom is -0.478 e. The van der Waals surface area contributed by atoms with Gasteiger partial charge in [-0.3, -0.25) is 0 Å². The number of aromatic carboxylic acids is 1. The van der Waals surface area contributed by atoms with Gasteiger partial charge in [0.25, 0.3) is 0 Å². The van der Waals surface area contributed by atoms with E-state index in [1.165, 1.54) is 24.3 Å². The molecule has 0 unspecified atom stereocenters. The van der Waals surface area contributed by atoms with Gasteiger partial charge in [0.15, 0.2) is 11.6 Å². The van der Waals surface area contributed by atoms with Crippen molar-refractivity contribution in [3.8, 4) is 11.5 Å². The Morgan fingerprint density at radius 3 is 2.63 bits per heavy atom. The van der Waals surface area contributed by atoms with E-state index in [1.54, 1.807) is 12.1 Å². The molecule has 0 aliphatic heterocycles. The zero-order valence-corrected chi connectivity index (χ0v) is 10.7. The maximum Gasteiger partial charge on any atom is 0.337 e. The van der Waals surface area contributed by atoms with E-state index in [1.807, 2.05) is 6.92 Å². The number of carboxylic acid groups (broad SMARTS) is 1. The summed E-state index contributed by atoms with van der Waals surface area (Å²) < 4.78 is 18.9. The molecule has 2 aromatic rings. The predicted octanol–water partition coefficient (Wildman–Crippen LogP) is 4.28. The third kappa shape index (κ3) is 3.03. The van der Waals surface area contributed by atoms with Crippen LogP contribution in [0, 0.1) is 12.7 Å². The van der Waals surface area contributed by atoms with Crippen LogP contribution in [-0.2, 0) is 0 Å². The number of carbonyl (C=O) groups is 1. The van der Waals surface area contributed by atoms with E-state index in [0.29, 0.717) is 0 Å². The van der Waals surface area contributed by atoms with Crippen LogP contribution in [0.25, 0.3) is 0 Å². The van der Waals surface area contributed by atoms with E-state index in [9.17, 15) is 9.18 Å². The van der Waals surface area contributed by atoms with Crippen LogP contribution in [0.2, 0.25) is 5.02 Å². The zero-order valence-electron chi connectivity index (χ0n) is 9.98. The molecule has 2 aromatic carbocycles. The molecule has 19 heavy (non-hydrogen) atoms. The van der Waals surface area contributed by atoms with Crippen molar-refractivity contribution in [2.24, 2.45) is 0 Å². The predicted molar refractivity (Wildman–Crippen MR) is 69.6 cm³/mol. The Bertz CT molecular complexity index is 641. The molecule has 0 spiro atoms. The van der Waals surface area contributed by atoms with Crippen LogP contribution >= 0.6 is 11.6 Å². The summed E-state index contributed by atoms with van der Waals surface area (Å²) in [6.45, 7) is 1.81. The van der Waals surface area contributed by atoms with Crippen molar-refractivity contribution >= 4 is 17.6 Å². The summed E-state index contributed by atoms with van der Waals surface area (Å²) in [4.78, 5) is 10.8. The third-order valence-electron chi connectivity index (χ3n) is 2.49. The molecule has 0 radical (unpaired) electrons. The topological polar surface area (TPSA) is 46.5 Å².